The van der Waals surface area contributed by atoms with E-state index in [1.807, 2.05) is 45.0 Å². The van der Waals surface area contributed by atoms with Gasteiger partial charge in [-0.05, 0) is 57.2 Å². The van der Waals surface area contributed by atoms with Crippen molar-refractivity contribution in [3.8, 4) is 22.8 Å². The van der Waals surface area contributed by atoms with Gasteiger partial charge in [0.15, 0.2) is 11.6 Å². The number of likely N-dealkylation sites (tertiary alicyclic amines) is 1. The molecule has 32 heavy (non-hydrogen) atoms. The molecule has 0 N–H and O–H groups in total. The van der Waals surface area contributed by atoms with E-state index in [-0.39, 0.29) is 17.9 Å². The third-order valence-electron chi connectivity index (χ3n) is 4.98. The Kier molecular flexibility index (Phi) is 5.86. The standard InChI is InChI=1S/C24H24ClFN2O4/c1-24(2,3)32-23(29)28-12-16(13-28)31-15-7-5-14(6-8-15)20-10-18(25)17-9-19(26)22(30-4)11-21(17)27-20/h5-11,16H,12-13H2,1-4H3. The van der Waals surface area contributed by atoms with Crippen LogP contribution in [-0.4, -0.2) is 47.9 Å². The van der Waals surface area contributed by atoms with Crippen LogP contribution in [-0.2, 0) is 4.74 Å². The summed E-state index contributed by atoms with van der Waals surface area (Å²) >= 11 is 6.37. The molecule has 2 heterocycles. The van der Waals surface area contributed by atoms with Crippen molar-refractivity contribution in [2.75, 3.05) is 20.2 Å². The molecular formula is C24H24ClFN2O4. The van der Waals surface area contributed by atoms with Crippen LogP contribution >= 0.6 is 11.6 Å². The summed E-state index contributed by atoms with van der Waals surface area (Å²) in [6.45, 7) is 6.49. The van der Waals surface area contributed by atoms with Gasteiger partial charge in [0.05, 0.1) is 36.4 Å². The van der Waals surface area contributed by atoms with E-state index in [4.69, 9.17) is 25.8 Å². The Hall–Kier alpha value is -3.06. The predicted octanol–water partition coefficient (Wildman–Crippen LogP) is 5.70. The molecule has 1 aromatic heterocycles. The number of amides is 1. The lowest BCUT2D eigenvalue weighted by Crippen LogP contribution is -2.57. The van der Waals surface area contributed by atoms with Crippen LogP contribution in [0, 0.1) is 5.82 Å². The largest absolute Gasteiger partial charge is 0.494 e. The Morgan fingerprint density at radius 3 is 2.47 bits per heavy atom. The van der Waals surface area contributed by atoms with Crippen molar-refractivity contribution in [2.45, 2.75) is 32.5 Å². The number of fused-ring (bicyclic) bond motifs is 1. The summed E-state index contributed by atoms with van der Waals surface area (Å²) in [5.41, 5.74) is 1.52. The van der Waals surface area contributed by atoms with Crippen molar-refractivity contribution in [1.82, 2.24) is 9.88 Å². The van der Waals surface area contributed by atoms with Gasteiger partial charge in [0.2, 0.25) is 0 Å². The number of pyridine rings is 1. The highest BCUT2D eigenvalue weighted by Crippen LogP contribution is 2.32. The summed E-state index contributed by atoms with van der Waals surface area (Å²) in [7, 11) is 1.41. The number of benzene rings is 2. The van der Waals surface area contributed by atoms with Crippen molar-refractivity contribution in [3.63, 3.8) is 0 Å². The first-order chi connectivity index (χ1) is 15.1. The van der Waals surface area contributed by atoms with Crippen LogP contribution in [0.5, 0.6) is 11.5 Å². The highest BCUT2D eigenvalue weighted by molar-refractivity contribution is 6.35. The van der Waals surface area contributed by atoms with Crippen LogP contribution in [0.25, 0.3) is 22.2 Å². The zero-order valence-corrected chi connectivity index (χ0v) is 19.1. The maximum Gasteiger partial charge on any atom is 0.410 e. The maximum atomic E-state index is 14.0. The van der Waals surface area contributed by atoms with Crippen molar-refractivity contribution in [2.24, 2.45) is 0 Å². The number of nitrogens with zero attached hydrogens (tertiary/aromatic N) is 2. The highest BCUT2D eigenvalue weighted by Gasteiger charge is 2.35. The number of aromatic nitrogens is 1. The van der Waals surface area contributed by atoms with Gasteiger partial charge in [0.25, 0.3) is 0 Å². The molecule has 4 rings (SSSR count). The van der Waals surface area contributed by atoms with Gasteiger partial charge >= 0.3 is 6.09 Å². The van der Waals surface area contributed by atoms with E-state index in [1.54, 1.807) is 11.0 Å². The van der Waals surface area contributed by atoms with E-state index >= 15 is 0 Å². The molecular weight excluding hydrogens is 435 g/mol. The van der Waals surface area contributed by atoms with Gasteiger partial charge in [0, 0.05) is 17.0 Å². The molecule has 0 saturated carbocycles. The van der Waals surface area contributed by atoms with Gasteiger partial charge in [-0.2, -0.15) is 0 Å². The molecule has 6 nitrogen and oxygen atoms in total. The molecule has 0 atom stereocenters. The number of carbonyl (C=O) groups is 1. The van der Waals surface area contributed by atoms with Crippen LogP contribution in [0.4, 0.5) is 9.18 Å². The van der Waals surface area contributed by atoms with E-state index < -0.39 is 11.4 Å². The molecule has 3 aromatic rings. The molecule has 1 fully saturated rings. The van der Waals surface area contributed by atoms with Crippen LogP contribution in [0.15, 0.2) is 42.5 Å². The zero-order valence-electron chi connectivity index (χ0n) is 18.3. The second-order valence-electron chi connectivity index (χ2n) is 8.64. The van der Waals surface area contributed by atoms with Crippen molar-refractivity contribution >= 4 is 28.6 Å². The number of rotatable bonds is 4. The molecule has 0 spiro atoms. The Bertz CT molecular complexity index is 1160. The van der Waals surface area contributed by atoms with E-state index in [9.17, 15) is 9.18 Å². The number of hydrogen-bond donors (Lipinski definition) is 0. The number of halogens is 2. The first-order valence-electron chi connectivity index (χ1n) is 10.2. The normalized spacial score (nSPS) is 14.2. The highest BCUT2D eigenvalue weighted by atomic mass is 35.5. The lowest BCUT2D eigenvalue weighted by atomic mass is 10.1. The minimum absolute atomic E-state index is 0.0797. The molecule has 1 aliphatic rings. The molecule has 2 aromatic carbocycles. The van der Waals surface area contributed by atoms with Gasteiger partial charge in [0.1, 0.15) is 17.5 Å². The van der Waals surface area contributed by atoms with Crippen LogP contribution < -0.4 is 9.47 Å². The Morgan fingerprint density at radius 2 is 1.84 bits per heavy atom. The van der Waals surface area contributed by atoms with Crippen LogP contribution in [0.3, 0.4) is 0 Å². The number of carbonyl (C=O) groups excluding carboxylic acids is 1. The van der Waals surface area contributed by atoms with Gasteiger partial charge < -0.3 is 19.1 Å². The van der Waals surface area contributed by atoms with Gasteiger partial charge in [-0.15, -0.1) is 0 Å². The number of methoxy groups -OCH3 is 1. The van der Waals surface area contributed by atoms with Crippen molar-refractivity contribution in [3.05, 3.63) is 53.3 Å². The van der Waals surface area contributed by atoms with Gasteiger partial charge in [-0.1, -0.05) is 11.6 Å². The Labute approximate surface area is 190 Å². The fourth-order valence-corrected chi connectivity index (χ4v) is 3.63. The van der Waals surface area contributed by atoms with E-state index in [2.05, 4.69) is 4.98 Å². The summed E-state index contributed by atoms with van der Waals surface area (Å²) in [5, 5.41) is 0.928. The summed E-state index contributed by atoms with van der Waals surface area (Å²) in [5.74, 6) is 0.320. The average Bonchev–Trinajstić information content (AvgIpc) is 2.69. The summed E-state index contributed by atoms with van der Waals surface area (Å²) in [4.78, 5) is 18.2. The molecule has 0 bridgehead atoms. The molecule has 0 aliphatic carbocycles. The fraction of sp³-hybridized carbons (Fsp3) is 0.333. The molecule has 0 radical (unpaired) electrons. The quantitative estimate of drug-likeness (QED) is 0.501. The summed E-state index contributed by atoms with van der Waals surface area (Å²) in [6.07, 6.45) is -0.410. The summed E-state index contributed by atoms with van der Waals surface area (Å²) in [6, 6.07) is 12.0. The lowest BCUT2D eigenvalue weighted by molar-refractivity contribution is -0.0221. The van der Waals surface area contributed by atoms with E-state index in [1.165, 1.54) is 19.2 Å². The van der Waals surface area contributed by atoms with E-state index in [0.29, 0.717) is 40.5 Å². The SMILES string of the molecule is COc1cc2nc(-c3ccc(OC4CN(C(=O)OC(C)(C)C)C4)cc3)cc(Cl)c2cc1F. The molecule has 0 unspecified atom stereocenters. The smallest absolute Gasteiger partial charge is 0.410 e. The lowest BCUT2D eigenvalue weighted by Gasteiger charge is -2.39. The first-order valence-corrected chi connectivity index (χ1v) is 10.6. The predicted molar refractivity (Wildman–Crippen MR) is 121 cm³/mol. The van der Waals surface area contributed by atoms with Gasteiger partial charge in [-0.25, -0.2) is 14.2 Å². The van der Waals surface area contributed by atoms with E-state index in [0.717, 1.165) is 5.56 Å². The third kappa shape index (κ3) is 4.72. The second-order valence-corrected chi connectivity index (χ2v) is 9.05. The number of ether oxygens (including phenoxy) is 3. The minimum Gasteiger partial charge on any atom is -0.494 e. The van der Waals surface area contributed by atoms with Crippen molar-refractivity contribution < 1.29 is 23.4 Å². The molecule has 1 amide bonds. The number of hydrogen-bond acceptors (Lipinski definition) is 5. The Balaban J connectivity index is 1.44. The first kappa shape index (κ1) is 22.1. The zero-order chi connectivity index (χ0) is 23.0. The van der Waals surface area contributed by atoms with Crippen molar-refractivity contribution in [1.29, 1.82) is 0 Å². The topological polar surface area (TPSA) is 60.9 Å². The van der Waals surface area contributed by atoms with Gasteiger partial charge in [-0.3, -0.25) is 0 Å². The fourth-order valence-electron chi connectivity index (χ4n) is 3.38. The van der Waals surface area contributed by atoms with Crippen LogP contribution in [0.1, 0.15) is 20.8 Å². The maximum absolute atomic E-state index is 14.0. The second kappa shape index (κ2) is 8.47. The molecule has 8 heteroatoms. The Morgan fingerprint density at radius 1 is 1.16 bits per heavy atom. The molecule has 1 saturated heterocycles. The average molecular weight is 459 g/mol. The monoisotopic (exact) mass is 458 g/mol. The molecule has 168 valence electrons. The molecule has 1 aliphatic heterocycles. The summed E-state index contributed by atoms with van der Waals surface area (Å²) < 4.78 is 30.3. The van der Waals surface area contributed by atoms with Crippen LogP contribution in [0.2, 0.25) is 5.02 Å². The third-order valence-corrected chi connectivity index (χ3v) is 5.30. The minimum atomic E-state index is -0.516.